The normalized spacial score (nSPS) is 17.6. The lowest BCUT2D eigenvalue weighted by molar-refractivity contribution is -0.113. The Morgan fingerprint density at radius 2 is 1.92 bits per heavy atom. The van der Waals surface area contributed by atoms with Crippen molar-refractivity contribution in [1.82, 2.24) is 18.9 Å². The van der Waals surface area contributed by atoms with Gasteiger partial charge in [0, 0.05) is 26.7 Å². The number of anilines is 1. The van der Waals surface area contributed by atoms with Crippen LogP contribution in [0.25, 0.3) is 11.0 Å². The second kappa shape index (κ2) is 5.27. The fourth-order valence-corrected chi connectivity index (χ4v) is 4.26. The predicted octanol–water partition coefficient (Wildman–Crippen LogP) is 1.39. The van der Waals surface area contributed by atoms with Crippen molar-refractivity contribution in [1.29, 1.82) is 0 Å². The molecule has 24 heavy (non-hydrogen) atoms. The number of nitrogens with one attached hydrogen (secondary N) is 1. The molecule has 3 heterocycles. The largest absolute Gasteiger partial charge is 0.328 e. The number of aryl methyl sites for hydroxylation is 3. The molecule has 0 spiro atoms. The van der Waals surface area contributed by atoms with E-state index in [0.29, 0.717) is 5.75 Å². The van der Waals surface area contributed by atoms with E-state index < -0.39 is 0 Å². The van der Waals surface area contributed by atoms with E-state index in [2.05, 4.69) is 10.4 Å². The number of aromatic nitrogens is 4. The lowest BCUT2D eigenvalue weighted by Gasteiger charge is -2.14. The van der Waals surface area contributed by atoms with E-state index in [1.807, 2.05) is 25.2 Å². The molecule has 1 N–H and O–H groups in total. The Morgan fingerprint density at radius 1 is 1.17 bits per heavy atom. The minimum absolute atomic E-state index is 0.00708. The maximum atomic E-state index is 12.1. The molecular formula is C16H17N5O2S. The number of rotatable bonds is 1. The molecule has 1 unspecified atom stereocenters. The number of benzene rings is 1. The van der Waals surface area contributed by atoms with Gasteiger partial charge in [0.2, 0.25) is 5.91 Å². The van der Waals surface area contributed by atoms with Crippen LogP contribution in [0.3, 0.4) is 0 Å². The highest BCUT2D eigenvalue weighted by molar-refractivity contribution is 8.00. The number of thioether (sulfide) groups is 1. The molecular weight excluding hydrogens is 326 g/mol. The van der Waals surface area contributed by atoms with Crippen LogP contribution in [-0.2, 0) is 25.9 Å². The number of carbonyl (C=O) groups is 1. The highest BCUT2D eigenvalue weighted by Crippen LogP contribution is 2.41. The summed E-state index contributed by atoms with van der Waals surface area (Å²) in [7, 11) is 5.36. The Bertz CT molecular complexity index is 1030. The van der Waals surface area contributed by atoms with E-state index in [1.54, 1.807) is 45.9 Å². The first kappa shape index (κ1) is 15.1. The van der Waals surface area contributed by atoms with Gasteiger partial charge >= 0.3 is 5.69 Å². The molecule has 1 aliphatic rings. The fraction of sp³-hybridized carbons (Fsp3) is 0.312. The van der Waals surface area contributed by atoms with Gasteiger partial charge in [-0.2, -0.15) is 5.10 Å². The van der Waals surface area contributed by atoms with Crippen molar-refractivity contribution in [2.24, 2.45) is 21.1 Å². The number of hydrogen-bond donors (Lipinski definition) is 1. The highest BCUT2D eigenvalue weighted by atomic mass is 32.2. The van der Waals surface area contributed by atoms with Crippen molar-refractivity contribution in [2.75, 3.05) is 11.1 Å². The standard InChI is InChI=1S/C16H17N5O2S/c1-19-11-5-4-9(6-12(11)20(2)16(19)23)14-10-7-17-21(3)15(10)18-13(22)8-24-14/h4-7,14H,8H2,1-3H3,(H,18,22). The van der Waals surface area contributed by atoms with Gasteiger partial charge in [-0.05, 0) is 17.7 Å². The van der Waals surface area contributed by atoms with Gasteiger partial charge in [0.15, 0.2) is 0 Å². The summed E-state index contributed by atoms with van der Waals surface area (Å²) in [4.78, 5) is 24.1. The molecule has 0 saturated heterocycles. The third-order valence-electron chi connectivity index (χ3n) is 4.49. The van der Waals surface area contributed by atoms with Crippen LogP contribution < -0.4 is 11.0 Å². The van der Waals surface area contributed by atoms with Crippen LogP contribution in [0.4, 0.5) is 5.82 Å². The van der Waals surface area contributed by atoms with Crippen molar-refractivity contribution < 1.29 is 4.79 Å². The molecule has 8 heteroatoms. The molecule has 1 atom stereocenters. The zero-order valence-electron chi connectivity index (χ0n) is 13.6. The van der Waals surface area contributed by atoms with E-state index in [4.69, 9.17) is 0 Å². The molecule has 1 aliphatic heterocycles. The van der Waals surface area contributed by atoms with E-state index in [9.17, 15) is 9.59 Å². The molecule has 1 aromatic carbocycles. The third kappa shape index (κ3) is 2.10. The van der Waals surface area contributed by atoms with E-state index in [-0.39, 0.29) is 16.8 Å². The van der Waals surface area contributed by atoms with Crippen LogP contribution in [0.1, 0.15) is 16.4 Å². The Labute approximate surface area is 142 Å². The van der Waals surface area contributed by atoms with Crippen molar-refractivity contribution >= 4 is 34.5 Å². The number of amides is 1. The average Bonchev–Trinajstić information content (AvgIpc) is 2.95. The van der Waals surface area contributed by atoms with Crippen LogP contribution in [-0.4, -0.2) is 30.6 Å². The van der Waals surface area contributed by atoms with Gasteiger partial charge in [0.25, 0.3) is 0 Å². The maximum Gasteiger partial charge on any atom is 0.328 e. The summed E-state index contributed by atoms with van der Waals surface area (Å²) in [5, 5.41) is 7.18. The summed E-state index contributed by atoms with van der Waals surface area (Å²) in [6.45, 7) is 0. The molecule has 1 amide bonds. The Balaban J connectivity index is 1.89. The lowest BCUT2D eigenvalue weighted by Crippen LogP contribution is -2.19. The summed E-state index contributed by atoms with van der Waals surface area (Å²) < 4.78 is 4.97. The van der Waals surface area contributed by atoms with Crippen molar-refractivity contribution in [3.8, 4) is 0 Å². The van der Waals surface area contributed by atoms with Crippen molar-refractivity contribution in [2.45, 2.75) is 5.25 Å². The summed E-state index contributed by atoms with van der Waals surface area (Å²) in [6.07, 6.45) is 1.80. The molecule has 0 fully saturated rings. The van der Waals surface area contributed by atoms with Gasteiger partial charge in [-0.15, -0.1) is 11.8 Å². The SMILES string of the molecule is Cn1ncc2c1NC(=O)CSC2c1ccc2c(c1)n(C)c(=O)n2C. The first-order valence-corrected chi connectivity index (χ1v) is 8.61. The Morgan fingerprint density at radius 3 is 2.71 bits per heavy atom. The van der Waals surface area contributed by atoms with Gasteiger partial charge in [0.1, 0.15) is 5.82 Å². The minimum atomic E-state index is -0.0467. The minimum Gasteiger partial charge on any atom is -0.310 e. The van der Waals surface area contributed by atoms with Crippen LogP contribution >= 0.6 is 11.8 Å². The first-order valence-electron chi connectivity index (χ1n) is 7.56. The average molecular weight is 343 g/mol. The van der Waals surface area contributed by atoms with Crippen LogP contribution in [0.5, 0.6) is 0 Å². The predicted molar refractivity (Wildman–Crippen MR) is 94.3 cm³/mol. The van der Waals surface area contributed by atoms with E-state index in [0.717, 1.165) is 28.0 Å². The number of hydrogen-bond acceptors (Lipinski definition) is 4. The Hall–Kier alpha value is -2.48. The molecule has 0 radical (unpaired) electrons. The van der Waals surface area contributed by atoms with Crippen molar-refractivity contribution in [3.63, 3.8) is 0 Å². The summed E-state index contributed by atoms with van der Waals surface area (Å²) in [6, 6.07) is 6.01. The first-order chi connectivity index (χ1) is 11.5. The molecule has 124 valence electrons. The quantitative estimate of drug-likeness (QED) is 0.724. The van der Waals surface area contributed by atoms with Gasteiger partial charge in [0.05, 0.1) is 28.2 Å². The van der Waals surface area contributed by atoms with Crippen LogP contribution in [0.15, 0.2) is 29.2 Å². The zero-order chi connectivity index (χ0) is 17.0. The van der Waals surface area contributed by atoms with Crippen LogP contribution in [0, 0.1) is 0 Å². The number of carbonyl (C=O) groups excluding carboxylic acids is 1. The molecule has 2 aromatic heterocycles. The molecule has 0 bridgehead atoms. The highest BCUT2D eigenvalue weighted by Gasteiger charge is 2.27. The smallest absolute Gasteiger partial charge is 0.310 e. The fourth-order valence-electron chi connectivity index (χ4n) is 3.18. The molecule has 3 aromatic rings. The molecule has 0 aliphatic carbocycles. The van der Waals surface area contributed by atoms with Gasteiger partial charge in [-0.1, -0.05) is 6.07 Å². The number of imidazole rings is 1. The van der Waals surface area contributed by atoms with Gasteiger partial charge in [-0.25, -0.2) is 4.79 Å². The number of fused-ring (bicyclic) bond motifs is 2. The third-order valence-corrected chi connectivity index (χ3v) is 5.78. The second-order valence-corrected chi connectivity index (χ2v) is 7.05. The summed E-state index contributed by atoms with van der Waals surface area (Å²) in [5.74, 6) is 1.09. The Kier molecular flexibility index (Phi) is 3.31. The van der Waals surface area contributed by atoms with Gasteiger partial charge in [-0.3, -0.25) is 18.6 Å². The lowest BCUT2D eigenvalue weighted by atomic mass is 10.1. The monoisotopic (exact) mass is 343 g/mol. The topological polar surface area (TPSA) is 73.8 Å². The number of nitrogens with zero attached hydrogens (tertiary/aromatic N) is 4. The summed E-state index contributed by atoms with van der Waals surface area (Å²) >= 11 is 1.57. The van der Waals surface area contributed by atoms with Gasteiger partial charge < -0.3 is 5.32 Å². The molecule has 7 nitrogen and oxygen atoms in total. The maximum absolute atomic E-state index is 12.1. The molecule has 4 rings (SSSR count). The van der Waals surface area contributed by atoms with E-state index >= 15 is 0 Å². The second-order valence-electron chi connectivity index (χ2n) is 5.96. The summed E-state index contributed by atoms with van der Waals surface area (Å²) in [5.41, 5.74) is 3.77. The zero-order valence-corrected chi connectivity index (χ0v) is 14.4. The molecule has 0 saturated carbocycles. The van der Waals surface area contributed by atoms with E-state index in [1.165, 1.54) is 0 Å². The van der Waals surface area contributed by atoms with Crippen molar-refractivity contribution in [3.05, 3.63) is 46.0 Å². The van der Waals surface area contributed by atoms with Crippen LogP contribution in [0.2, 0.25) is 0 Å².